The Morgan fingerprint density at radius 1 is 1.30 bits per heavy atom. The molecule has 104 valence electrons. The van der Waals surface area contributed by atoms with Gasteiger partial charge in [0.05, 0.1) is 5.75 Å². The number of aryl methyl sites for hydroxylation is 2. The molecule has 0 aliphatic carbocycles. The van der Waals surface area contributed by atoms with Crippen LogP contribution in [0.5, 0.6) is 0 Å². The zero-order valence-electron chi connectivity index (χ0n) is 11.3. The van der Waals surface area contributed by atoms with Gasteiger partial charge in [-0.05, 0) is 37.1 Å². The maximum atomic E-state index is 11.8. The number of amides is 1. The van der Waals surface area contributed by atoms with Crippen molar-refractivity contribution < 1.29 is 4.79 Å². The van der Waals surface area contributed by atoms with E-state index in [9.17, 15) is 4.79 Å². The number of hydrogen-bond acceptors (Lipinski definition) is 6. The van der Waals surface area contributed by atoms with Crippen LogP contribution < -0.4 is 11.1 Å². The van der Waals surface area contributed by atoms with E-state index in [1.165, 1.54) is 23.7 Å². The van der Waals surface area contributed by atoms with Crippen LogP contribution in [0.4, 0.5) is 11.6 Å². The number of nitrogens with zero attached hydrogens (tertiary/aromatic N) is 3. The van der Waals surface area contributed by atoms with E-state index in [1.54, 1.807) is 0 Å². The highest BCUT2D eigenvalue weighted by Gasteiger charge is 2.06. The molecule has 2 aromatic rings. The summed E-state index contributed by atoms with van der Waals surface area (Å²) in [7, 11) is 0. The molecule has 1 aromatic heterocycles. The van der Waals surface area contributed by atoms with Crippen molar-refractivity contribution in [2.75, 3.05) is 16.8 Å². The molecule has 0 spiro atoms. The van der Waals surface area contributed by atoms with Crippen LogP contribution in [0.15, 0.2) is 29.7 Å². The lowest BCUT2D eigenvalue weighted by Crippen LogP contribution is -2.14. The Morgan fingerprint density at radius 2 is 2.10 bits per heavy atom. The van der Waals surface area contributed by atoms with Gasteiger partial charge < -0.3 is 11.1 Å². The van der Waals surface area contributed by atoms with Gasteiger partial charge in [0, 0.05) is 5.69 Å². The number of anilines is 2. The van der Waals surface area contributed by atoms with Crippen LogP contribution in [0, 0.1) is 13.8 Å². The average molecular weight is 289 g/mol. The lowest BCUT2D eigenvalue weighted by molar-refractivity contribution is -0.113. The van der Waals surface area contributed by atoms with Crippen molar-refractivity contribution in [2.24, 2.45) is 0 Å². The summed E-state index contributed by atoms with van der Waals surface area (Å²) < 4.78 is 0. The van der Waals surface area contributed by atoms with Crippen LogP contribution in [-0.4, -0.2) is 26.6 Å². The van der Waals surface area contributed by atoms with E-state index in [0.717, 1.165) is 11.3 Å². The van der Waals surface area contributed by atoms with Crippen molar-refractivity contribution in [3.05, 3.63) is 35.7 Å². The van der Waals surface area contributed by atoms with Gasteiger partial charge in [0.15, 0.2) is 5.16 Å². The molecule has 2 rings (SSSR count). The van der Waals surface area contributed by atoms with E-state index >= 15 is 0 Å². The van der Waals surface area contributed by atoms with Crippen LogP contribution in [0.2, 0.25) is 0 Å². The lowest BCUT2D eigenvalue weighted by Gasteiger charge is -2.07. The van der Waals surface area contributed by atoms with E-state index in [4.69, 9.17) is 5.73 Å². The van der Waals surface area contributed by atoms with Gasteiger partial charge in [0.2, 0.25) is 11.9 Å². The number of rotatable bonds is 4. The Labute approximate surface area is 121 Å². The Morgan fingerprint density at radius 3 is 2.80 bits per heavy atom. The van der Waals surface area contributed by atoms with Gasteiger partial charge in [-0.2, -0.15) is 4.98 Å². The second-order valence-corrected chi connectivity index (χ2v) is 5.20. The Hall–Kier alpha value is -2.15. The van der Waals surface area contributed by atoms with E-state index in [0.29, 0.717) is 5.16 Å². The highest BCUT2D eigenvalue weighted by atomic mass is 32.2. The molecule has 0 fully saturated rings. The summed E-state index contributed by atoms with van der Waals surface area (Å²) in [6.45, 7) is 4.04. The maximum Gasteiger partial charge on any atom is 0.234 e. The zero-order chi connectivity index (χ0) is 14.5. The number of aromatic nitrogens is 3. The topological polar surface area (TPSA) is 93.8 Å². The number of nitrogens with one attached hydrogen (secondary N) is 1. The largest absolute Gasteiger partial charge is 0.368 e. The molecule has 1 heterocycles. The van der Waals surface area contributed by atoms with Crippen LogP contribution >= 0.6 is 11.8 Å². The third-order valence-corrected chi connectivity index (χ3v) is 3.55. The molecule has 3 N–H and O–H groups in total. The van der Waals surface area contributed by atoms with Crippen LogP contribution in [0.25, 0.3) is 0 Å². The second-order valence-electron chi connectivity index (χ2n) is 4.26. The van der Waals surface area contributed by atoms with Crippen LogP contribution in [0.1, 0.15) is 11.1 Å². The molecule has 0 unspecified atom stereocenters. The van der Waals surface area contributed by atoms with E-state index in [-0.39, 0.29) is 17.6 Å². The van der Waals surface area contributed by atoms with Crippen molar-refractivity contribution in [3.8, 4) is 0 Å². The minimum Gasteiger partial charge on any atom is -0.368 e. The zero-order valence-corrected chi connectivity index (χ0v) is 12.1. The predicted molar refractivity (Wildman–Crippen MR) is 79.5 cm³/mol. The third kappa shape index (κ3) is 3.92. The monoisotopic (exact) mass is 289 g/mol. The highest BCUT2D eigenvalue weighted by Crippen LogP contribution is 2.16. The average Bonchev–Trinajstić information content (AvgIpc) is 2.41. The van der Waals surface area contributed by atoms with Gasteiger partial charge in [-0.3, -0.25) is 4.79 Å². The Balaban J connectivity index is 1.91. The molecule has 0 saturated heterocycles. The first-order valence-corrected chi connectivity index (χ1v) is 6.97. The summed E-state index contributed by atoms with van der Waals surface area (Å²) in [4.78, 5) is 23.4. The van der Waals surface area contributed by atoms with E-state index in [1.807, 2.05) is 32.0 Å². The fourth-order valence-electron chi connectivity index (χ4n) is 1.51. The predicted octanol–water partition coefficient (Wildman–Crippen LogP) is 1.80. The number of carbonyl (C=O) groups excluding carboxylic acids is 1. The minimum atomic E-state index is -0.114. The molecule has 7 heteroatoms. The molecule has 0 aliphatic rings. The second kappa shape index (κ2) is 6.33. The first-order chi connectivity index (χ1) is 9.54. The Kier molecular flexibility index (Phi) is 4.52. The van der Waals surface area contributed by atoms with Crippen molar-refractivity contribution in [1.82, 2.24) is 15.0 Å². The molecular weight excluding hydrogens is 274 g/mol. The van der Waals surface area contributed by atoms with Gasteiger partial charge in [0.1, 0.15) is 6.33 Å². The van der Waals surface area contributed by atoms with Crippen molar-refractivity contribution in [2.45, 2.75) is 19.0 Å². The summed E-state index contributed by atoms with van der Waals surface area (Å²) in [6, 6.07) is 5.80. The first kappa shape index (κ1) is 14.3. The van der Waals surface area contributed by atoms with Crippen LogP contribution in [0.3, 0.4) is 0 Å². The molecule has 0 saturated carbocycles. The van der Waals surface area contributed by atoms with Gasteiger partial charge in [-0.1, -0.05) is 17.8 Å². The van der Waals surface area contributed by atoms with Gasteiger partial charge in [0.25, 0.3) is 0 Å². The molecule has 0 bridgehead atoms. The highest BCUT2D eigenvalue weighted by molar-refractivity contribution is 7.99. The maximum absolute atomic E-state index is 11.8. The van der Waals surface area contributed by atoms with Crippen molar-refractivity contribution in [1.29, 1.82) is 0 Å². The van der Waals surface area contributed by atoms with E-state index in [2.05, 4.69) is 20.3 Å². The number of thioether (sulfide) groups is 1. The van der Waals surface area contributed by atoms with E-state index < -0.39 is 0 Å². The van der Waals surface area contributed by atoms with Gasteiger partial charge in [-0.25, -0.2) is 9.97 Å². The summed E-state index contributed by atoms with van der Waals surface area (Å²) in [5.41, 5.74) is 8.56. The number of benzene rings is 1. The number of carbonyl (C=O) groups is 1. The minimum absolute atomic E-state index is 0.114. The standard InChI is InChI=1S/C13H15N5OS/c1-8-3-4-10(5-9(8)2)17-11(19)6-20-13-16-7-15-12(14)18-13/h3-5,7H,6H2,1-2H3,(H,17,19)(H2,14,15,16,18). The summed E-state index contributed by atoms with van der Waals surface area (Å²) in [5, 5.41) is 3.27. The molecule has 6 nitrogen and oxygen atoms in total. The van der Waals surface area contributed by atoms with Crippen molar-refractivity contribution >= 4 is 29.3 Å². The SMILES string of the molecule is Cc1ccc(NC(=O)CSc2ncnc(N)n2)cc1C. The summed E-state index contributed by atoms with van der Waals surface area (Å²) in [6.07, 6.45) is 1.33. The van der Waals surface area contributed by atoms with Crippen LogP contribution in [-0.2, 0) is 4.79 Å². The molecule has 0 aliphatic heterocycles. The lowest BCUT2D eigenvalue weighted by atomic mass is 10.1. The molecular formula is C13H15N5OS. The molecule has 1 amide bonds. The Bertz CT molecular complexity index is 632. The number of hydrogen-bond donors (Lipinski definition) is 2. The smallest absolute Gasteiger partial charge is 0.234 e. The summed E-state index contributed by atoms with van der Waals surface area (Å²) in [5.74, 6) is 0.255. The quantitative estimate of drug-likeness (QED) is 0.834. The third-order valence-electron chi connectivity index (χ3n) is 2.69. The normalized spacial score (nSPS) is 10.3. The first-order valence-electron chi connectivity index (χ1n) is 5.99. The molecule has 0 radical (unpaired) electrons. The fourth-order valence-corrected chi connectivity index (χ4v) is 2.12. The van der Waals surface area contributed by atoms with Gasteiger partial charge in [-0.15, -0.1) is 0 Å². The van der Waals surface area contributed by atoms with Gasteiger partial charge >= 0.3 is 0 Å². The molecule has 20 heavy (non-hydrogen) atoms. The molecule has 1 aromatic carbocycles. The fraction of sp³-hybridized carbons (Fsp3) is 0.231. The number of nitrogens with two attached hydrogens (primary N) is 1. The van der Waals surface area contributed by atoms with Crippen molar-refractivity contribution in [3.63, 3.8) is 0 Å². The molecule has 0 atom stereocenters. The summed E-state index contributed by atoms with van der Waals surface area (Å²) >= 11 is 1.22. The number of nitrogen functional groups attached to an aromatic ring is 1.